The molecule has 1 aliphatic carbocycles. The lowest BCUT2D eigenvalue weighted by molar-refractivity contribution is 0.00578. The Bertz CT molecular complexity index is 444. The molecule has 1 saturated carbocycles. The first-order chi connectivity index (χ1) is 8.89. The minimum Gasteiger partial charge on any atom is -0.399 e. The molecule has 1 aliphatic heterocycles. The Morgan fingerprint density at radius 2 is 1.63 bits per heavy atom. The molecule has 1 aromatic heterocycles. The van der Waals surface area contributed by atoms with Gasteiger partial charge in [-0.2, -0.15) is 0 Å². The highest BCUT2D eigenvalue weighted by molar-refractivity contribution is 7.22. The molecule has 2 fully saturated rings. The normalized spacial score (nSPS) is 26.2. The summed E-state index contributed by atoms with van der Waals surface area (Å²) in [5.41, 5.74) is -0.482. The fourth-order valence-electron chi connectivity index (χ4n) is 2.88. The van der Waals surface area contributed by atoms with E-state index in [1.807, 2.05) is 11.3 Å². The van der Waals surface area contributed by atoms with E-state index in [9.17, 15) is 0 Å². The van der Waals surface area contributed by atoms with E-state index < -0.39 is 0 Å². The molecule has 2 heterocycles. The first-order valence-electron chi connectivity index (χ1n) is 7.34. The third-order valence-corrected chi connectivity index (χ3v) is 6.16. The molecule has 0 atom stereocenters. The van der Waals surface area contributed by atoms with Crippen LogP contribution in [0.4, 0.5) is 0 Å². The van der Waals surface area contributed by atoms with Gasteiger partial charge >= 0.3 is 7.12 Å². The lowest BCUT2D eigenvalue weighted by atomic mass is 9.88. The first-order valence-corrected chi connectivity index (χ1v) is 8.16. The van der Waals surface area contributed by atoms with Gasteiger partial charge in [-0.15, -0.1) is 11.3 Å². The number of hydrogen-bond donors (Lipinski definition) is 0. The lowest BCUT2D eigenvalue weighted by Crippen LogP contribution is -2.41. The third-order valence-electron chi connectivity index (χ3n) is 4.89. The second kappa shape index (κ2) is 4.61. The second-order valence-corrected chi connectivity index (χ2v) is 7.96. The van der Waals surface area contributed by atoms with Crippen LogP contribution in [0, 0.1) is 0 Å². The summed E-state index contributed by atoms with van der Waals surface area (Å²) in [5.74, 6) is 0.779. The van der Waals surface area contributed by atoms with Crippen molar-refractivity contribution in [3.63, 3.8) is 0 Å². The van der Waals surface area contributed by atoms with E-state index in [2.05, 4.69) is 39.8 Å². The van der Waals surface area contributed by atoms with Crippen molar-refractivity contribution in [2.75, 3.05) is 0 Å². The zero-order valence-corrected chi connectivity index (χ0v) is 13.2. The first kappa shape index (κ1) is 13.7. The van der Waals surface area contributed by atoms with Crippen LogP contribution in [0.5, 0.6) is 0 Å². The van der Waals surface area contributed by atoms with Gasteiger partial charge in [-0.3, -0.25) is 0 Å². The lowest BCUT2D eigenvalue weighted by Gasteiger charge is -2.32. The predicted molar refractivity (Wildman–Crippen MR) is 81.2 cm³/mol. The highest BCUT2D eigenvalue weighted by Crippen LogP contribution is 2.39. The summed E-state index contributed by atoms with van der Waals surface area (Å²) in [6.45, 7) is 8.44. The Morgan fingerprint density at radius 3 is 2.21 bits per heavy atom. The Kier molecular flexibility index (Phi) is 3.31. The van der Waals surface area contributed by atoms with Gasteiger partial charge in [0.15, 0.2) is 0 Å². The van der Waals surface area contributed by atoms with Crippen LogP contribution in [0.2, 0.25) is 0 Å². The minimum absolute atomic E-state index is 0.190. The van der Waals surface area contributed by atoms with Gasteiger partial charge in [0.1, 0.15) is 0 Å². The van der Waals surface area contributed by atoms with Crippen molar-refractivity contribution in [3.8, 4) is 0 Å². The highest BCUT2D eigenvalue weighted by Gasteiger charge is 2.52. The van der Waals surface area contributed by atoms with Crippen molar-refractivity contribution in [1.82, 2.24) is 0 Å². The highest BCUT2D eigenvalue weighted by atomic mass is 32.1. The van der Waals surface area contributed by atoms with Gasteiger partial charge in [0.25, 0.3) is 0 Å². The summed E-state index contributed by atoms with van der Waals surface area (Å²) in [5, 5.41) is 0. The van der Waals surface area contributed by atoms with Gasteiger partial charge in [-0.25, -0.2) is 0 Å². The van der Waals surface area contributed by atoms with Gasteiger partial charge in [0.05, 0.1) is 11.2 Å². The van der Waals surface area contributed by atoms with E-state index in [1.165, 1.54) is 35.3 Å². The molecule has 19 heavy (non-hydrogen) atoms. The molecular weight excluding hydrogens is 255 g/mol. The standard InChI is InChI=1S/C15H23BO2S/c1-14(2)15(3,4)18-16(17-14)13-10-9-12(19-13)11-7-5-6-8-11/h9-11H,5-8H2,1-4H3. The molecule has 0 bridgehead atoms. The van der Waals surface area contributed by atoms with E-state index >= 15 is 0 Å². The average molecular weight is 278 g/mol. The third kappa shape index (κ3) is 2.39. The van der Waals surface area contributed by atoms with Crippen LogP contribution in [0.25, 0.3) is 0 Å². The van der Waals surface area contributed by atoms with Crippen LogP contribution in [-0.4, -0.2) is 18.3 Å². The van der Waals surface area contributed by atoms with Crippen LogP contribution in [0.1, 0.15) is 64.2 Å². The van der Waals surface area contributed by atoms with E-state index in [-0.39, 0.29) is 18.3 Å². The van der Waals surface area contributed by atoms with Crippen molar-refractivity contribution >= 4 is 23.2 Å². The minimum atomic E-state index is -0.241. The monoisotopic (exact) mass is 278 g/mol. The van der Waals surface area contributed by atoms with E-state index in [4.69, 9.17) is 9.31 Å². The van der Waals surface area contributed by atoms with Crippen molar-refractivity contribution in [1.29, 1.82) is 0 Å². The predicted octanol–water partition coefficient (Wildman–Crippen LogP) is 3.70. The fraction of sp³-hybridized carbons (Fsp3) is 0.733. The van der Waals surface area contributed by atoms with Crippen molar-refractivity contribution in [2.24, 2.45) is 0 Å². The Morgan fingerprint density at radius 1 is 1.05 bits per heavy atom. The molecule has 0 radical (unpaired) electrons. The Labute approximate surface area is 120 Å². The van der Waals surface area contributed by atoms with Crippen molar-refractivity contribution < 1.29 is 9.31 Å². The maximum Gasteiger partial charge on any atom is 0.505 e. The van der Waals surface area contributed by atoms with Gasteiger partial charge < -0.3 is 9.31 Å². The van der Waals surface area contributed by atoms with Gasteiger partial charge in [-0.05, 0) is 52.5 Å². The molecule has 0 unspecified atom stereocenters. The molecule has 1 saturated heterocycles. The molecule has 0 aromatic carbocycles. The molecule has 0 N–H and O–H groups in total. The number of thiophene rings is 1. The molecule has 0 amide bonds. The molecule has 1 aromatic rings. The molecule has 2 aliphatic rings. The summed E-state index contributed by atoms with van der Waals surface area (Å²) in [6.07, 6.45) is 5.47. The van der Waals surface area contributed by atoms with E-state index in [0.29, 0.717) is 0 Å². The molecule has 4 heteroatoms. The second-order valence-electron chi connectivity index (χ2n) is 6.81. The summed E-state index contributed by atoms with van der Waals surface area (Å²) < 4.78 is 13.5. The zero-order valence-electron chi connectivity index (χ0n) is 12.4. The maximum absolute atomic E-state index is 6.11. The van der Waals surface area contributed by atoms with Gasteiger partial charge in [0.2, 0.25) is 0 Å². The zero-order chi connectivity index (χ0) is 13.7. The van der Waals surface area contributed by atoms with Crippen LogP contribution >= 0.6 is 11.3 Å². The van der Waals surface area contributed by atoms with Gasteiger partial charge in [0, 0.05) is 9.65 Å². The van der Waals surface area contributed by atoms with Gasteiger partial charge in [-0.1, -0.05) is 18.9 Å². The van der Waals surface area contributed by atoms with Crippen LogP contribution in [-0.2, 0) is 9.31 Å². The van der Waals surface area contributed by atoms with Crippen LogP contribution in [0.3, 0.4) is 0 Å². The largest absolute Gasteiger partial charge is 0.505 e. The number of rotatable bonds is 2. The van der Waals surface area contributed by atoms with Crippen LogP contribution in [0.15, 0.2) is 12.1 Å². The average Bonchev–Trinajstić information content (AvgIpc) is 3.00. The van der Waals surface area contributed by atoms with Crippen molar-refractivity contribution in [3.05, 3.63) is 17.0 Å². The molecule has 104 valence electrons. The SMILES string of the molecule is CC1(C)OB(c2ccc(C3CCCC3)s2)OC1(C)C. The van der Waals surface area contributed by atoms with Crippen molar-refractivity contribution in [2.45, 2.75) is 70.5 Å². The maximum atomic E-state index is 6.11. The summed E-state index contributed by atoms with van der Waals surface area (Å²) in [7, 11) is -0.190. The topological polar surface area (TPSA) is 18.5 Å². The number of hydrogen-bond acceptors (Lipinski definition) is 3. The Balaban J connectivity index is 1.77. The van der Waals surface area contributed by atoms with E-state index in [1.54, 1.807) is 0 Å². The quantitative estimate of drug-likeness (QED) is 0.768. The van der Waals surface area contributed by atoms with E-state index in [0.717, 1.165) is 5.92 Å². The Hall–Kier alpha value is -0.315. The molecule has 3 rings (SSSR count). The summed E-state index contributed by atoms with van der Waals surface area (Å²) in [4.78, 5) is 1.52. The van der Waals surface area contributed by atoms with Crippen LogP contribution < -0.4 is 4.78 Å². The smallest absolute Gasteiger partial charge is 0.399 e. The molecular formula is C15H23BO2S. The summed E-state index contributed by atoms with van der Waals surface area (Å²) >= 11 is 1.88. The fourth-order valence-corrected chi connectivity index (χ4v) is 4.02. The summed E-state index contributed by atoms with van der Waals surface area (Å²) in [6, 6.07) is 4.47. The molecule has 2 nitrogen and oxygen atoms in total. The molecule has 0 spiro atoms.